The molecular formula is C37H48N4O4. The average Bonchev–Trinajstić information content (AvgIpc) is 3.31. The van der Waals surface area contributed by atoms with Crippen LogP contribution in [-0.2, 0) is 33.8 Å². The zero-order valence-electron chi connectivity index (χ0n) is 26.7. The second kappa shape index (κ2) is 16.3. The second-order valence-electron chi connectivity index (χ2n) is 12.6. The van der Waals surface area contributed by atoms with Gasteiger partial charge in [0.15, 0.2) is 0 Å². The van der Waals surface area contributed by atoms with E-state index in [0.717, 1.165) is 16.7 Å². The molecule has 4 rings (SSSR count). The van der Waals surface area contributed by atoms with Gasteiger partial charge in [-0.05, 0) is 54.7 Å². The molecule has 3 aromatic carbocycles. The van der Waals surface area contributed by atoms with Crippen molar-refractivity contribution in [1.29, 1.82) is 0 Å². The van der Waals surface area contributed by atoms with E-state index in [-0.39, 0.29) is 30.2 Å². The van der Waals surface area contributed by atoms with Crippen molar-refractivity contribution in [3.8, 4) is 0 Å². The molecule has 3 aromatic rings. The largest absolute Gasteiger partial charge is 0.390 e. The van der Waals surface area contributed by atoms with Gasteiger partial charge >= 0.3 is 0 Å². The van der Waals surface area contributed by atoms with Gasteiger partial charge in [0.1, 0.15) is 11.6 Å². The minimum absolute atomic E-state index is 0.172. The van der Waals surface area contributed by atoms with Crippen molar-refractivity contribution in [2.75, 3.05) is 13.1 Å². The summed E-state index contributed by atoms with van der Waals surface area (Å²) < 4.78 is 0. The summed E-state index contributed by atoms with van der Waals surface area (Å²) in [6.07, 6.45) is 1.52. The van der Waals surface area contributed by atoms with Crippen LogP contribution in [0.2, 0.25) is 0 Å². The van der Waals surface area contributed by atoms with Gasteiger partial charge in [0.05, 0.1) is 12.1 Å². The second-order valence-corrected chi connectivity index (χ2v) is 12.6. The average molecular weight is 613 g/mol. The molecule has 0 bridgehead atoms. The highest BCUT2D eigenvalue weighted by Gasteiger charge is 2.50. The summed E-state index contributed by atoms with van der Waals surface area (Å²) in [6.45, 7) is 6.72. The lowest BCUT2D eigenvalue weighted by Crippen LogP contribution is -2.59. The molecule has 0 spiro atoms. The third-order valence-corrected chi connectivity index (χ3v) is 8.47. The van der Waals surface area contributed by atoms with E-state index >= 15 is 0 Å². The zero-order valence-corrected chi connectivity index (χ0v) is 26.7. The van der Waals surface area contributed by atoms with E-state index in [1.807, 2.05) is 105 Å². The molecule has 4 N–H and O–H groups in total. The molecule has 4 atom stereocenters. The summed E-state index contributed by atoms with van der Waals surface area (Å²) in [5.74, 6) is -0.605. The standard InChI is InChI=1S/C37H48N4O4/c1-27(2)24-37(40-28(3)42)21-22-41(36(37)45)33(20-19-29-13-7-4-8-14-29)35(44)39-32(23-30-15-9-5-10-16-30)34(43)26-38-25-31-17-11-6-12-18-31/h4-18,27,32-34,38,43H,19-26H2,1-3H3,(H,39,44)(H,40,42)/t32-,33?,34+,37?/m0/s1. The smallest absolute Gasteiger partial charge is 0.249 e. The van der Waals surface area contributed by atoms with Gasteiger partial charge in [0.2, 0.25) is 17.7 Å². The van der Waals surface area contributed by atoms with Crippen LogP contribution in [0.1, 0.15) is 56.7 Å². The van der Waals surface area contributed by atoms with Crippen molar-refractivity contribution in [1.82, 2.24) is 20.9 Å². The van der Waals surface area contributed by atoms with Crippen molar-refractivity contribution in [3.63, 3.8) is 0 Å². The number of rotatable bonds is 16. The molecule has 8 nitrogen and oxygen atoms in total. The van der Waals surface area contributed by atoms with Crippen LogP contribution in [0, 0.1) is 5.92 Å². The third-order valence-electron chi connectivity index (χ3n) is 8.47. The molecule has 0 aromatic heterocycles. The number of nitrogens with one attached hydrogen (secondary N) is 3. The number of aryl methyl sites for hydroxylation is 1. The van der Waals surface area contributed by atoms with E-state index in [9.17, 15) is 19.5 Å². The molecule has 1 heterocycles. The van der Waals surface area contributed by atoms with Gasteiger partial charge in [0.25, 0.3) is 0 Å². The number of hydrogen-bond acceptors (Lipinski definition) is 5. The Morgan fingerprint density at radius 1 is 0.889 bits per heavy atom. The number of aliphatic hydroxyl groups excluding tert-OH is 1. The van der Waals surface area contributed by atoms with Gasteiger partial charge in [-0.25, -0.2) is 0 Å². The number of likely N-dealkylation sites (tertiary alicyclic amines) is 1. The maximum atomic E-state index is 14.2. The van der Waals surface area contributed by atoms with Crippen molar-refractivity contribution in [3.05, 3.63) is 108 Å². The Hall–Kier alpha value is -4.01. The predicted molar refractivity (Wildman–Crippen MR) is 177 cm³/mol. The van der Waals surface area contributed by atoms with E-state index in [4.69, 9.17) is 0 Å². The van der Waals surface area contributed by atoms with E-state index in [2.05, 4.69) is 16.0 Å². The molecule has 0 aliphatic carbocycles. The van der Waals surface area contributed by atoms with Crippen LogP contribution in [0.3, 0.4) is 0 Å². The van der Waals surface area contributed by atoms with Crippen LogP contribution in [0.25, 0.3) is 0 Å². The molecule has 1 fully saturated rings. The Balaban J connectivity index is 1.56. The van der Waals surface area contributed by atoms with Crippen molar-refractivity contribution in [2.45, 2.75) is 83.1 Å². The minimum Gasteiger partial charge on any atom is -0.390 e. The molecule has 3 amide bonds. The van der Waals surface area contributed by atoms with Crippen molar-refractivity contribution in [2.24, 2.45) is 5.92 Å². The minimum atomic E-state index is -1.03. The number of aliphatic hydroxyl groups is 1. The molecule has 240 valence electrons. The molecular weight excluding hydrogens is 564 g/mol. The van der Waals surface area contributed by atoms with E-state index < -0.39 is 23.7 Å². The molecule has 0 saturated carbocycles. The first kappa shape index (κ1) is 33.9. The number of nitrogens with zero attached hydrogens (tertiary/aromatic N) is 1. The Labute approximate surface area is 267 Å². The molecule has 1 aliphatic rings. The fraction of sp³-hybridized carbons (Fsp3) is 0.432. The molecule has 1 aliphatic heterocycles. The molecule has 2 unspecified atom stereocenters. The summed E-state index contributed by atoms with van der Waals surface area (Å²) in [4.78, 5) is 42.2. The van der Waals surface area contributed by atoms with Crippen LogP contribution < -0.4 is 16.0 Å². The zero-order chi connectivity index (χ0) is 32.2. The van der Waals surface area contributed by atoms with Gasteiger partial charge in [0, 0.05) is 26.6 Å². The highest BCUT2D eigenvalue weighted by molar-refractivity contribution is 5.96. The number of hydrogen-bond donors (Lipinski definition) is 4. The summed E-state index contributed by atoms with van der Waals surface area (Å²) in [5.41, 5.74) is 2.13. The highest BCUT2D eigenvalue weighted by Crippen LogP contribution is 2.32. The number of benzene rings is 3. The first-order valence-electron chi connectivity index (χ1n) is 16.1. The maximum absolute atomic E-state index is 14.2. The van der Waals surface area contributed by atoms with Gasteiger partial charge in [-0.2, -0.15) is 0 Å². The van der Waals surface area contributed by atoms with Crippen LogP contribution in [0.15, 0.2) is 91.0 Å². The predicted octanol–water partition coefficient (Wildman–Crippen LogP) is 4.02. The third kappa shape index (κ3) is 9.74. The van der Waals surface area contributed by atoms with Crippen LogP contribution in [-0.4, -0.2) is 64.5 Å². The maximum Gasteiger partial charge on any atom is 0.249 e. The fourth-order valence-electron chi connectivity index (χ4n) is 6.39. The summed E-state index contributed by atoms with van der Waals surface area (Å²) >= 11 is 0. The Bertz CT molecular complexity index is 1370. The molecule has 0 radical (unpaired) electrons. The Morgan fingerprint density at radius 3 is 2.04 bits per heavy atom. The highest BCUT2D eigenvalue weighted by atomic mass is 16.3. The van der Waals surface area contributed by atoms with Gasteiger partial charge < -0.3 is 26.0 Å². The SMILES string of the molecule is CC(=O)NC1(CC(C)C)CCN(C(CCc2ccccc2)C(=O)N[C@@H](Cc2ccccc2)[C@H](O)CNCc2ccccc2)C1=O. The van der Waals surface area contributed by atoms with Gasteiger partial charge in [-0.3, -0.25) is 14.4 Å². The van der Waals surface area contributed by atoms with Gasteiger partial charge in [-0.15, -0.1) is 0 Å². The van der Waals surface area contributed by atoms with Crippen molar-refractivity contribution >= 4 is 17.7 Å². The lowest BCUT2D eigenvalue weighted by molar-refractivity contribution is -0.143. The van der Waals surface area contributed by atoms with Crippen molar-refractivity contribution < 1.29 is 19.5 Å². The number of carbonyl (C=O) groups excluding carboxylic acids is 3. The monoisotopic (exact) mass is 612 g/mol. The summed E-state index contributed by atoms with van der Waals surface area (Å²) in [6, 6.07) is 28.3. The van der Waals surface area contributed by atoms with E-state index in [1.54, 1.807) is 4.90 Å². The first-order chi connectivity index (χ1) is 21.7. The quantitative estimate of drug-likeness (QED) is 0.195. The normalized spacial score (nSPS) is 18.4. The summed E-state index contributed by atoms with van der Waals surface area (Å²) in [7, 11) is 0. The van der Waals surface area contributed by atoms with Crippen LogP contribution in [0.5, 0.6) is 0 Å². The van der Waals surface area contributed by atoms with Gasteiger partial charge in [-0.1, -0.05) is 105 Å². The van der Waals surface area contributed by atoms with E-state index in [1.165, 1.54) is 6.92 Å². The van der Waals surface area contributed by atoms with Crippen LogP contribution >= 0.6 is 0 Å². The molecule has 45 heavy (non-hydrogen) atoms. The Morgan fingerprint density at radius 2 is 1.47 bits per heavy atom. The lowest BCUT2D eigenvalue weighted by atomic mass is 9.87. The Kier molecular flexibility index (Phi) is 12.3. The van der Waals surface area contributed by atoms with Crippen LogP contribution in [0.4, 0.5) is 0 Å². The summed E-state index contributed by atoms with van der Waals surface area (Å²) in [5, 5.41) is 20.8. The molecule has 1 saturated heterocycles. The first-order valence-corrected chi connectivity index (χ1v) is 16.1. The lowest BCUT2D eigenvalue weighted by Gasteiger charge is -2.34. The molecule has 8 heteroatoms. The number of amides is 3. The number of carbonyl (C=O) groups is 3. The fourth-order valence-corrected chi connectivity index (χ4v) is 6.39. The van der Waals surface area contributed by atoms with E-state index in [0.29, 0.717) is 45.2 Å². The topological polar surface area (TPSA) is 111 Å².